The maximum absolute atomic E-state index is 12.3. The van der Waals surface area contributed by atoms with Gasteiger partial charge in [0.05, 0.1) is 17.0 Å². The second-order valence-corrected chi connectivity index (χ2v) is 11.2. The van der Waals surface area contributed by atoms with Crippen LogP contribution in [0.3, 0.4) is 0 Å². The van der Waals surface area contributed by atoms with Crippen LogP contribution in [0.15, 0.2) is 29.3 Å². The van der Waals surface area contributed by atoms with E-state index >= 15 is 0 Å². The van der Waals surface area contributed by atoms with E-state index in [4.69, 9.17) is 16.6 Å². The third kappa shape index (κ3) is 5.73. The van der Waals surface area contributed by atoms with Crippen LogP contribution in [0.1, 0.15) is 40.2 Å². The lowest BCUT2D eigenvalue weighted by Gasteiger charge is -2.39. The minimum Gasteiger partial charge on any atom is -0.357 e. The Balaban J connectivity index is 0.00000364. The molecule has 0 unspecified atom stereocenters. The third-order valence-electron chi connectivity index (χ3n) is 4.91. The molecule has 1 aliphatic heterocycles. The first-order valence-corrected chi connectivity index (χ1v) is 11.0. The molecule has 0 atom stereocenters. The van der Waals surface area contributed by atoms with Crippen molar-refractivity contribution in [3.63, 3.8) is 0 Å². The van der Waals surface area contributed by atoms with Gasteiger partial charge in [-0.1, -0.05) is 43.6 Å². The summed E-state index contributed by atoms with van der Waals surface area (Å²) >= 11 is 6.36. The van der Waals surface area contributed by atoms with Crippen molar-refractivity contribution in [2.75, 3.05) is 31.9 Å². The summed E-state index contributed by atoms with van der Waals surface area (Å²) in [6, 6.07) is 7.83. The third-order valence-corrected chi connectivity index (χ3v) is 7.77. The quantitative estimate of drug-likeness (QED) is 0.368. The summed E-state index contributed by atoms with van der Waals surface area (Å²) in [5, 5.41) is 4.04. The van der Waals surface area contributed by atoms with Crippen molar-refractivity contribution in [1.82, 2.24) is 10.2 Å². The Morgan fingerprint density at radius 2 is 1.96 bits per heavy atom. The molecule has 0 saturated carbocycles. The van der Waals surface area contributed by atoms with Crippen molar-refractivity contribution in [2.45, 2.75) is 44.8 Å². The molecule has 1 aromatic carbocycles. The highest BCUT2D eigenvalue weighted by molar-refractivity contribution is 14.0. The summed E-state index contributed by atoms with van der Waals surface area (Å²) in [5.41, 5.74) is 0.832. The molecule has 0 bridgehead atoms. The van der Waals surface area contributed by atoms with Crippen LogP contribution in [0.25, 0.3) is 0 Å². The van der Waals surface area contributed by atoms with Gasteiger partial charge in [0, 0.05) is 30.1 Å². The lowest BCUT2D eigenvalue weighted by atomic mass is 9.85. The van der Waals surface area contributed by atoms with Crippen molar-refractivity contribution in [1.29, 1.82) is 0 Å². The van der Waals surface area contributed by atoms with Crippen LogP contribution in [0.2, 0.25) is 5.02 Å². The first kappa shape index (κ1) is 24.5. The van der Waals surface area contributed by atoms with Crippen molar-refractivity contribution in [3.8, 4) is 0 Å². The standard InChI is InChI=1S/C19H30ClN3O2S.HI/c1-6-21-17(23-11-12-26(24,25)19(4,5)14-23)22-13-18(2,3)15-9-7-8-10-16(15)20;/h7-10H,6,11-14H2,1-5H3,(H,21,22);1H. The van der Waals surface area contributed by atoms with Crippen LogP contribution >= 0.6 is 35.6 Å². The zero-order chi connectivity index (χ0) is 19.6. The molecule has 1 heterocycles. The Morgan fingerprint density at radius 3 is 2.52 bits per heavy atom. The number of guanidine groups is 1. The van der Waals surface area contributed by atoms with E-state index < -0.39 is 14.6 Å². The highest BCUT2D eigenvalue weighted by atomic mass is 127. The van der Waals surface area contributed by atoms with Gasteiger partial charge in [0.1, 0.15) is 0 Å². The number of benzene rings is 1. The molecule has 2 rings (SSSR count). The average Bonchev–Trinajstić information content (AvgIpc) is 2.54. The van der Waals surface area contributed by atoms with Gasteiger partial charge in [-0.05, 0) is 32.4 Å². The molecule has 27 heavy (non-hydrogen) atoms. The van der Waals surface area contributed by atoms with Gasteiger partial charge in [0.25, 0.3) is 0 Å². The molecule has 1 aliphatic rings. The first-order valence-electron chi connectivity index (χ1n) is 9.01. The Morgan fingerprint density at radius 1 is 1.33 bits per heavy atom. The fourth-order valence-electron chi connectivity index (χ4n) is 3.12. The van der Waals surface area contributed by atoms with E-state index in [1.807, 2.05) is 36.1 Å². The molecule has 0 aromatic heterocycles. The van der Waals surface area contributed by atoms with E-state index in [0.717, 1.165) is 23.1 Å². The normalized spacial score (nSPS) is 19.3. The molecular formula is C19H31ClIN3O2S. The van der Waals surface area contributed by atoms with Gasteiger partial charge in [-0.2, -0.15) is 0 Å². The molecule has 5 nitrogen and oxygen atoms in total. The molecule has 0 radical (unpaired) electrons. The lowest BCUT2D eigenvalue weighted by molar-refractivity contribution is 0.352. The van der Waals surface area contributed by atoms with E-state index in [9.17, 15) is 8.42 Å². The van der Waals surface area contributed by atoms with E-state index in [2.05, 4.69) is 19.2 Å². The fraction of sp³-hybridized carbons (Fsp3) is 0.632. The van der Waals surface area contributed by atoms with Crippen molar-refractivity contribution >= 4 is 51.4 Å². The second-order valence-electron chi connectivity index (χ2n) is 8.03. The number of nitrogens with zero attached hydrogens (tertiary/aromatic N) is 2. The molecule has 1 fully saturated rings. The van der Waals surface area contributed by atoms with E-state index in [-0.39, 0.29) is 35.1 Å². The SMILES string of the molecule is CCNC(=NCC(C)(C)c1ccccc1Cl)N1CCS(=O)(=O)C(C)(C)C1.I. The minimum absolute atomic E-state index is 0. The van der Waals surface area contributed by atoms with Crippen LogP contribution in [-0.2, 0) is 15.3 Å². The largest absolute Gasteiger partial charge is 0.357 e. The summed E-state index contributed by atoms with van der Waals surface area (Å²) in [4.78, 5) is 6.87. The van der Waals surface area contributed by atoms with E-state index in [1.54, 1.807) is 13.8 Å². The van der Waals surface area contributed by atoms with Gasteiger partial charge in [-0.25, -0.2) is 8.42 Å². The van der Waals surface area contributed by atoms with Gasteiger partial charge >= 0.3 is 0 Å². The molecule has 0 amide bonds. The molecule has 0 aliphatic carbocycles. The Labute approximate surface area is 185 Å². The van der Waals surface area contributed by atoms with Gasteiger partial charge in [0.15, 0.2) is 15.8 Å². The highest BCUT2D eigenvalue weighted by Gasteiger charge is 2.41. The number of nitrogens with one attached hydrogen (secondary N) is 1. The summed E-state index contributed by atoms with van der Waals surface area (Å²) in [5.74, 6) is 0.911. The summed E-state index contributed by atoms with van der Waals surface area (Å²) in [6.07, 6.45) is 0. The molecule has 1 aromatic rings. The van der Waals surface area contributed by atoms with Gasteiger partial charge < -0.3 is 10.2 Å². The van der Waals surface area contributed by atoms with Crippen LogP contribution in [-0.4, -0.2) is 56.0 Å². The topological polar surface area (TPSA) is 61.8 Å². The number of hydrogen-bond donors (Lipinski definition) is 1. The maximum atomic E-state index is 12.3. The van der Waals surface area contributed by atoms with Crippen molar-refractivity contribution in [3.05, 3.63) is 34.9 Å². The van der Waals surface area contributed by atoms with Gasteiger partial charge in [0.2, 0.25) is 0 Å². The molecular weight excluding hydrogens is 497 g/mol. The Hall–Kier alpha value is -0.540. The summed E-state index contributed by atoms with van der Waals surface area (Å²) < 4.78 is 23.8. The molecule has 0 spiro atoms. The number of halogens is 2. The number of sulfone groups is 1. The second kappa shape index (κ2) is 9.31. The van der Waals surface area contributed by atoms with Crippen LogP contribution in [0.5, 0.6) is 0 Å². The zero-order valence-electron chi connectivity index (χ0n) is 16.8. The Kier molecular flexibility index (Phi) is 8.44. The number of hydrogen-bond acceptors (Lipinski definition) is 3. The minimum atomic E-state index is -3.08. The van der Waals surface area contributed by atoms with Gasteiger partial charge in [-0.15, -0.1) is 24.0 Å². The highest BCUT2D eigenvalue weighted by Crippen LogP contribution is 2.30. The maximum Gasteiger partial charge on any atom is 0.194 e. The molecule has 154 valence electrons. The van der Waals surface area contributed by atoms with Crippen LogP contribution in [0.4, 0.5) is 0 Å². The zero-order valence-corrected chi connectivity index (χ0v) is 20.7. The molecule has 1 N–H and O–H groups in total. The summed E-state index contributed by atoms with van der Waals surface area (Å²) in [6.45, 7) is 12.0. The number of aliphatic imine (C=N–C) groups is 1. The van der Waals surface area contributed by atoms with E-state index in [1.165, 1.54) is 0 Å². The lowest BCUT2D eigenvalue weighted by Crippen LogP contribution is -2.57. The summed E-state index contributed by atoms with van der Waals surface area (Å²) in [7, 11) is -3.08. The average molecular weight is 528 g/mol. The first-order chi connectivity index (χ1) is 12.0. The van der Waals surface area contributed by atoms with Crippen LogP contribution < -0.4 is 5.32 Å². The smallest absolute Gasteiger partial charge is 0.194 e. The predicted molar refractivity (Wildman–Crippen MR) is 125 cm³/mol. The fourth-order valence-corrected chi connectivity index (χ4v) is 4.88. The number of rotatable bonds is 4. The molecule has 8 heteroatoms. The molecule has 1 saturated heterocycles. The monoisotopic (exact) mass is 527 g/mol. The van der Waals surface area contributed by atoms with Crippen molar-refractivity contribution < 1.29 is 8.42 Å². The Bertz CT molecular complexity index is 779. The van der Waals surface area contributed by atoms with Gasteiger partial charge in [-0.3, -0.25) is 4.99 Å². The van der Waals surface area contributed by atoms with Crippen molar-refractivity contribution in [2.24, 2.45) is 4.99 Å². The van der Waals surface area contributed by atoms with Crippen LogP contribution in [0, 0.1) is 0 Å². The predicted octanol–water partition coefficient (Wildman–Crippen LogP) is 3.71. The van der Waals surface area contributed by atoms with E-state index in [0.29, 0.717) is 19.6 Å².